The van der Waals surface area contributed by atoms with Crippen LogP contribution in [0.5, 0.6) is 0 Å². The van der Waals surface area contributed by atoms with Gasteiger partial charge in [0.25, 0.3) is 0 Å². The Bertz CT molecular complexity index is 575. The fourth-order valence-electron chi connectivity index (χ4n) is 1.37. The number of hydrogen-bond donors (Lipinski definition) is 2. The highest BCUT2D eigenvalue weighted by atomic mass is 79.9. The molecule has 0 fully saturated rings. The molecule has 6 heteroatoms. The van der Waals surface area contributed by atoms with Crippen LogP contribution in [0.15, 0.2) is 62.1 Å². The van der Waals surface area contributed by atoms with Crippen LogP contribution in [-0.4, -0.2) is 16.0 Å². The van der Waals surface area contributed by atoms with Gasteiger partial charge >= 0.3 is 0 Å². The molecular weight excluding hydrogens is 314 g/mol. The molecule has 0 amide bonds. The van der Waals surface area contributed by atoms with Gasteiger partial charge in [-0.15, -0.1) is 0 Å². The third kappa shape index (κ3) is 3.02. The van der Waals surface area contributed by atoms with E-state index >= 15 is 0 Å². The molecule has 0 aliphatic rings. The summed E-state index contributed by atoms with van der Waals surface area (Å²) in [6, 6.07) is 11.3. The summed E-state index contributed by atoms with van der Waals surface area (Å²) in [5.41, 5.74) is 6.33. The van der Waals surface area contributed by atoms with Gasteiger partial charge in [-0.25, -0.2) is 4.98 Å². The van der Waals surface area contributed by atoms with Crippen molar-refractivity contribution >= 4 is 33.5 Å². The highest BCUT2D eigenvalue weighted by molar-refractivity contribution is 9.10. The summed E-state index contributed by atoms with van der Waals surface area (Å²) >= 11 is 4.82. The highest BCUT2D eigenvalue weighted by Crippen LogP contribution is 2.30. The van der Waals surface area contributed by atoms with Crippen LogP contribution in [0.25, 0.3) is 0 Å². The predicted octanol–water partition coefficient (Wildman–Crippen LogP) is 3.09. The van der Waals surface area contributed by atoms with Gasteiger partial charge in [0.1, 0.15) is 5.03 Å². The minimum atomic E-state index is 0.0785. The van der Waals surface area contributed by atoms with E-state index in [-0.39, 0.29) is 5.84 Å². The summed E-state index contributed by atoms with van der Waals surface area (Å²) in [5, 5.41) is 12.7. The van der Waals surface area contributed by atoms with Crippen LogP contribution in [0.2, 0.25) is 0 Å². The van der Waals surface area contributed by atoms with Gasteiger partial charge in [-0.05, 0) is 30.3 Å². The number of oxime groups is 1. The van der Waals surface area contributed by atoms with Crippen molar-refractivity contribution in [2.75, 3.05) is 0 Å². The lowest BCUT2D eigenvalue weighted by Crippen LogP contribution is -2.14. The molecule has 1 aromatic carbocycles. The molecule has 0 saturated carbocycles. The first-order valence-electron chi connectivity index (χ1n) is 5.07. The van der Waals surface area contributed by atoms with Gasteiger partial charge in [-0.2, -0.15) is 0 Å². The number of halogens is 1. The fraction of sp³-hybridized carbons (Fsp3) is 0. The van der Waals surface area contributed by atoms with Crippen LogP contribution >= 0.6 is 27.7 Å². The molecule has 0 bridgehead atoms. The van der Waals surface area contributed by atoms with E-state index in [1.807, 2.05) is 30.3 Å². The van der Waals surface area contributed by atoms with E-state index in [1.54, 1.807) is 12.3 Å². The van der Waals surface area contributed by atoms with Gasteiger partial charge in [0.2, 0.25) is 0 Å². The number of nitrogens with zero attached hydrogens (tertiary/aromatic N) is 2. The summed E-state index contributed by atoms with van der Waals surface area (Å²) in [5.74, 6) is 0.0785. The summed E-state index contributed by atoms with van der Waals surface area (Å²) in [6.07, 6.45) is 1.73. The van der Waals surface area contributed by atoms with E-state index in [4.69, 9.17) is 10.9 Å². The van der Waals surface area contributed by atoms with Crippen LogP contribution in [0.3, 0.4) is 0 Å². The molecule has 0 saturated heterocycles. The first-order valence-corrected chi connectivity index (χ1v) is 6.68. The first-order chi connectivity index (χ1) is 8.70. The fourth-order valence-corrected chi connectivity index (χ4v) is 2.62. The van der Waals surface area contributed by atoms with Gasteiger partial charge < -0.3 is 10.9 Å². The van der Waals surface area contributed by atoms with Crippen molar-refractivity contribution in [2.45, 2.75) is 9.92 Å². The zero-order valence-electron chi connectivity index (χ0n) is 9.25. The minimum Gasteiger partial charge on any atom is -0.409 e. The van der Waals surface area contributed by atoms with Crippen molar-refractivity contribution in [1.82, 2.24) is 4.98 Å². The third-order valence-corrected chi connectivity index (χ3v) is 3.70. The molecule has 0 aliphatic carbocycles. The van der Waals surface area contributed by atoms with Crippen molar-refractivity contribution in [3.63, 3.8) is 0 Å². The number of nitrogens with two attached hydrogens (primary N) is 1. The first kappa shape index (κ1) is 12.9. The Hall–Kier alpha value is -1.53. The summed E-state index contributed by atoms with van der Waals surface area (Å²) in [7, 11) is 0. The van der Waals surface area contributed by atoms with E-state index in [9.17, 15) is 0 Å². The number of pyridine rings is 1. The van der Waals surface area contributed by atoms with Crippen molar-refractivity contribution in [2.24, 2.45) is 10.9 Å². The molecule has 3 N–H and O–H groups in total. The van der Waals surface area contributed by atoms with Crippen molar-refractivity contribution in [3.8, 4) is 0 Å². The van der Waals surface area contributed by atoms with E-state index < -0.39 is 0 Å². The number of amidine groups is 1. The molecule has 0 spiro atoms. The molecular formula is C12H10BrN3OS. The standard InChI is InChI=1S/C12H10BrN3OS/c13-8-4-5-10(9(7-8)12(14)16-17)18-11-3-1-2-6-15-11/h1-7,17H,(H2,14,16). The van der Waals surface area contributed by atoms with E-state index in [0.717, 1.165) is 14.4 Å². The van der Waals surface area contributed by atoms with Crippen LogP contribution in [-0.2, 0) is 0 Å². The van der Waals surface area contributed by atoms with Gasteiger partial charge in [0.15, 0.2) is 5.84 Å². The maximum absolute atomic E-state index is 8.79. The van der Waals surface area contributed by atoms with Crippen molar-refractivity contribution < 1.29 is 5.21 Å². The molecule has 0 aliphatic heterocycles. The van der Waals surface area contributed by atoms with Gasteiger partial charge in [0.05, 0.1) is 0 Å². The molecule has 4 nitrogen and oxygen atoms in total. The third-order valence-electron chi connectivity index (χ3n) is 2.18. The van der Waals surface area contributed by atoms with Crippen molar-refractivity contribution in [1.29, 1.82) is 0 Å². The summed E-state index contributed by atoms with van der Waals surface area (Å²) in [4.78, 5) is 5.11. The molecule has 18 heavy (non-hydrogen) atoms. The molecule has 2 aromatic rings. The highest BCUT2D eigenvalue weighted by Gasteiger charge is 2.09. The second kappa shape index (κ2) is 5.88. The number of hydrogen-bond acceptors (Lipinski definition) is 4. The smallest absolute Gasteiger partial charge is 0.171 e. The number of aromatic nitrogens is 1. The minimum absolute atomic E-state index is 0.0785. The number of benzene rings is 1. The SMILES string of the molecule is N/C(=N/O)c1cc(Br)ccc1Sc1ccccn1. The molecule has 1 heterocycles. The van der Waals surface area contributed by atoms with E-state index in [1.165, 1.54) is 11.8 Å². The maximum Gasteiger partial charge on any atom is 0.171 e. The van der Waals surface area contributed by atoms with Crippen LogP contribution in [0, 0.1) is 0 Å². The lowest BCUT2D eigenvalue weighted by molar-refractivity contribution is 0.318. The maximum atomic E-state index is 8.79. The lowest BCUT2D eigenvalue weighted by atomic mass is 10.2. The Morgan fingerprint density at radius 3 is 2.83 bits per heavy atom. The zero-order valence-corrected chi connectivity index (χ0v) is 11.6. The Morgan fingerprint density at radius 1 is 1.33 bits per heavy atom. The summed E-state index contributed by atoms with van der Waals surface area (Å²) < 4.78 is 0.870. The molecule has 0 unspecified atom stereocenters. The van der Waals surface area contributed by atoms with Crippen molar-refractivity contribution in [3.05, 3.63) is 52.6 Å². The van der Waals surface area contributed by atoms with Gasteiger partial charge in [-0.3, -0.25) is 0 Å². The van der Waals surface area contributed by atoms with Gasteiger partial charge in [0, 0.05) is 21.1 Å². The topological polar surface area (TPSA) is 71.5 Å². The lowest BCUT2D eigenvalue weighted by Gasteiger charge is -2.07. The normalized spacial score (nSPS) is 11.5. The average Bonchev–Trinajstić information content (AvgIpc) is 2.41. The Morgan fingerprint density at radius 2 is 2.17 bits per heavy atom. The van der Waals surface area contributed by atoms with E-state index in [2.05, 4.69) is 26.1 Å². The molecule has 2 rings (SSSR count). The number of rotatable bonds is 3. The Labute approximate surface area is 117 Å². The molecule has 1 aromatic heterocycles. The molecule has 0 atom stereocenters. The van der Waals surface area contributed by atoms with Crippen LogP contribution in [0.4, 0.5) is 0 Å². The monoisotopic (exact) mass is 323 g/mol. The molecule has 92 valence electrons. The molecule has 0 radical (unpaired) electrons. The largest absolute Gasteiger partial charge is 0.409 e. The zero-order chi connectivity index (χ0) is 13.0. The Balaban J connectivity index is 2.39. The van der Waals surface area contributed by atoms with Gasteiger partial charge in [-0.1, -0.05) is 38.9 Å². The second-order valence-corrected chi connectivity index (χ2v) is 5.37. The summed E-state index contributed by atoms with van der Waals surface area (Å²) in [6.45, 7) is 0. The quantitative estimate of drug-likeness (QED) is 0.394. The van der Waals surface area contributed by atoms with Crippen LogP contribution < -0.4 is 5.73 Å². The second-order valence-electron chi connectivity index (χ2n) is 3.40. The van der Waals surface area contributed by atoms with Crippen LogP contribution in [0.1, 0.15) is 5.56 Å². The Kier molecular flexibility index (Phi) is 4.22. The average molecular weight is 324 g/mol. The van der Waals surface area contributed by atoms with E-state index in [0.29, 0.717) is 5.56 Å². The predicted molar refractivity (Wildman–Crippen MR) is 75.0 cm³/mol.